The van der Waals surface area contributed by atoms with E-state index < -0.39 is 10.5 Å². The lowest BCUT2D eigenvalue weighted by Gasteiger charge is -2.06. The van der Waals surface area contributed by atoms with Crippen molar-refractivity contribution in [3.8, 4) is 11.4 Å². The Morgan fingerprint density at radius 2 is 2.26 bits per heavy atom. The molecular formula is C10H7N5O4. The van der Waals surface area contributed by atoms with Gasteiger partial charge in [-0.15, -0.1) is 5.10 Å². The summed E-state index contributed by atoms with van der Waals surface area (Å²) in [5, 5.41) is 22.3. The zero-order chi connectivity index (χ0) is 13.0. The molecule has 0 N–H and O–H groups in total. The molecule has 0 radical (unpaired) electrons. The van der Waals surface area contributed by atoms with Gasteiger partial charge in [0.05, 0.1) is 11.5 Å². The van der Waals surface area contributed by atoms with E-state index in [1.807, 2.05) is 0 Å². The summed E-state index contributed by atoms with van der Waals surface area (Å²) in [6.45, 7) is 0.766. The highest BCUT2D eigenvalue weighted by Gasteiger charge is 2.54. The number of fused-ring (bicyclic) bond motifs is 4. The van der Waals surface area contributed by atoms with Crippen LogP contribution < -0.4 is 4.74 Å². The largest absolute Gasteiger partial charge is 0.488 e. The van der Waals surface area contributed by atoms with Crippen LogP contribution in [-0.4, -0.2) is 38.3 Å². The highest BCUT2D eigenvalue weighted by atomic mass is 16.6. The van der Waals surface area contributed by atoms with Gasteiger partial charge in [-0.3, -0.25) is 10.1 Å². The van der Waals surface area contributed by atoms with Crippen molar-refractivity contribution in [3.63, 3.8) is 0 Å². The average Bonchev–Trinajstić information content (AvgIpc) is 3.06. The van der Waals surface area contributed by atoms with Crippen molar-refractivity contribution in [3.05, 3.63) is 34.1 Å². The van der Waals surface area contributed by atoms with Gasteiger partial charge in [0.15, 0.2) is 11.4 Å². The molecule has 0 aliphatic carbocycles. The van der Waals surface area contributed by atoms with Crippen LogP contribution in [0, 0.1) is 10.1 Å². The molecule has 96 valence electrons. The van der Waals surface area contributed by atoms with Gasteiger partial charge in [0, 0.05) is 12.1 Å². The summed E-state index contributed by atoms with van der Waals surface area (Å²) in [6.07, 6.45) is 0. The molecule has 1 unspecified atom stereocenters. The Bertz CT molecular complexity index is 693. The monoisotopic (exact) mass is 261 g/mol. The molecule has 0 bridgehead atoms. The SMILES string of the molecule is O=[N+]([O-])c1ccc2c(c1)-n1nnnc1C1(CO2)CO1. The molecule has 2 aliphatic rings. The van der Waals surface area contributed by atoms with Gasteiger partial charge < -0.3 is 9.47 Å². The van der Waals surface area contributed by atoms with Crippen molar-refractivity contribution in [2.24, 2.45) is 0 Å². The number of non-ortho nitro benzene ring substituents is 1. The Morgan fingerprint density at radius 1 is 1.42 bits per heavy atom. The number of nitrogens with zero attached hydrogens (tertiary/aromatic N) is 5. The molecule has 1 aromatic carbocycles. The van der Waals surface area contributed by atoms with Crippen LogP contribution in [-0.2, 0) is 10.3 Å². The number of tetrazole rings is 1. The molecule has 1 atom stereocenters. The van der Waals surface area contributed by atoms with Crippen molar-refractivity contribution in [1.29, 1.82) is 0 Å². The highest BCUT2D eigenvalue weighted by molar-refractivity contribution is 5.54. The van der Waals surface area contributed by atoms with Crippen LogP contribution in [0.2, 0.25) is 0 Å². The minimum atomic E-state index is -0.628. The lowest BCUT2D eigenvalue weighted by Crippen LogP contribution is -2.21. The molecule has 3 heterocycles. The van der Waals surface area contributed by atoms with E-state index >= 15 is 0 Å². The van der Waals surface area contributed by atoms with Crippen LogP contribution in [0.15, 0.2) is 18.2 Å². The molecule has 0 saturated carbocycles. The maximum atomic E-state index is 10.8. The maximum absolute atomic E-state index is 10.8. The Balaban J connectivity index is 1.95. The van der Waals surface area contributed by atoms with E-state index in [1.54, 1.807) is 6.07 Å². The van der Waals surface area contributed by atoms with Crippen LogP contribution in [0.4, 0.5) is 5.69 Å². The molecule has 19 heavy (non-hydrogen) atoms. The second-order valence-electron chi connectivity index (χ2n) is 4.40. The van der Waals surface area contributed by atoms with Crippen molar-refractivity contribution in [2.75, 3.05) is 13.2 Å². The van der Waals surface area contributed by atoms with Crippen LogP contribution in [0.5, 0.6) is 5.75 Å². The Labute approximate surface area is 105 Å². The van der Waals surface area contributed by atoms with Gasteiger partial charge in [-0.05, 0) is 16.5 Å². The number of benzene rings is 1. The fourth-order valence-electron chi connectivity index (χ4n) is 2.10. The second kappa shape index (κ2) is 3.26. The second-order valence-corrected chi connectivity index (χ2v) is 4.40. The Hall–Kier alpha value is -2.55. The van der Waals surface area contributed by atoms with E-state index in [-0.39, 0.29) is 12.3 Å². The molecule has 1 saturated heterocycles. The number of rotatable bonds is 1. The van der Waals surface area contributed by atoms with Crippen LogP contribution in [0.25, 0.3) is 5.69 Å². The summed E-state index contributed by atoms with van der Waals surface area (Å²) >= 11 is 0. The maximum Gasteiger partial charge on any atom is 0.271 e. The zero-order valence-corrected chi connectivity index (χ0v) is 9.52. The molecular weight excluding hydrogens is 254 g/mol. The molecule has 1 aromatic heterocycles. The van der Waals surface area contributed by atoms with E-state index in [4.69, 9.17) is 9.47 Å². The van der Waals surface area contributed by atoms with E-state index in [2.05, 4.69) is 15.5 Å². The average molecular weight is 261 g/mol. The van der Waals surface area contributed by atoms with Crippen molar-refractivity contribution >= 4 is 5.69 Å². The fraction of sp³-hybridized carbons (Fsp3) is 0.300. The van der Waals surface area contributed by atoms with Gasteiger partial charge in [0.1, 0.15) is 18.0 Å². The third-order valence-electron chi connectivity index (χ3n) is 3.21. The minimum absolute atomic E-state index is 0.0449. The number of aromatic nitrogens is 4. The van der Waals surface area contributed by atoms with Gasteiger partial charge in [-0.25, -0.2) is 0 Å². The quantitative estimate of drug-likeness (QED) is 0.409. The molecule has 1 spiro atoms. The molecule has 0 amide bonds. The number of ether oxygens (including phenoxy) is 2. The summed E-state index contributed by atoms with van der Waals surface area (Å²) in [7, 11) is 0. The molecule has 9 heteroatoms. The smallest absolute Gasteiger partial charge is 0.271 e. The van der Waals surface area contributed by atoms with Crippen LogP contribution in [0.1, 0.15) is 5.82 Å². The molecule has 2 aromatic rings. The van der Waals surface area contributed by atoms with Gasteiger partial charge in [-0.1, -0.05) is 0 Å². The standard InChI is InChI=1S/C10H7N5O4/c16-15(17)6-1-2-8-7(3-6)14-9(11-12-13-14)10(4-18-8)5-19-10/h1-3H,4-5H2. The lowest BCUT2D eigenvalue weighted by atomic mass is 10.2. The van der Waals surface area contributed by atoms with Crippen molar-refractivity contribution < 1.29 is 14.4 Å². The van der Waals surface area contributed by atoms with Crippen molar-refractivity contribution in [2.45, 2.75) is 5.60 Å². The number of hydrogen-bond acceptors (Lipinski definition) is 7. The fourth-order valence-corrected chi connectivity index (χ4v) is 2.10. The number of hydrogen-bond donors (Lipinski definition) is 0. The predicted molar refractivity (Wildman–Crippen MR) is 58.9 cm³/mol. The number of nitro benzene ring substituents is 1. The first-order valence-electron chi connectivity index (χ1n) is 5.54. The summed E-state index contributed by atoms with van der Waals surface area (Å²) in [5.74, 6) is 0.998. The zero-order valence-electron chi connectivity index (χ0n) is 9.52. The summed E-state index contributed by atoms with van der Waals surface area (Å²) < 4.78 is 12.4. The first kappa shape index (κ1) is 10.4. The topological polar surface area (TPSA) is 108 Å². The lowest BCUT2D eigenvalue weighted by molar-refractivity contribution is -0.384. The van der Waals surface area contributed by atoms with Crippen LogP contribution in [0.3, 0.4) is 0 Å². The first-order valence-corrected chi connectivity index (χ1v) is 5.54. The molecule has 2 aliphatic heterocycles. The summed E-state index contributed by atoms with van der Waals surface area (Å²) in [4.78, 5) is 10.4. The van der Waals surface area contributed by atoms with E-state index in [0.717, 1.165) is 0 Å². The number of nitro groups is 1. The van der Waals surface area contributed by atoms with E-state index in [9.17, 15) is 10.1 Å². The van der Waals surface area contributed by atoms with Crippen LogP contribution >= 0.6 is 0 Å². The molecule has 1 fully saturated rings. The van der Waals surface area contributed by atoms with E-state index in [0.29, 0.717) is 23.9 Å². The summed E-state index contributed by atoms with van der Waals surface area (Å²) in [5.41, 5.74) is -0.227. The molecule has 9 nitrogen and oxygen atoms in total. The Kier molecular flexibility index (Phi) is 1.78. The van der Waals surface area contributed by atoms with Gasteiger partial charge in [0.2, 0.25) is 0 Å². The normalized spacial score (nSPS) is 23.2. The third kappa shape index (κ3) is 1.35. The van der Waals surface area contributed by atoms with Gasteiger partial charge >= 0.3 is 0 Å². The minimum Gasteiger partial charge on any atom is -0.488 e. The molecule has 4 rings (SSSR count). The third-order valence-corrected chi connectivity index (χ3v) is 3.21. The Morgan fingerprint density at radius 3 is 3.00 bits per heavy atom. The highest BCUT2D eigenvalue weighted by Crippen LogP contribution is 2.42. The predicted octanol–water partition coefficient (Wildman–Crippen LogP) is 0.188. The number of epoxide rings is 1. The van der Waals surface area contributed by atoms with Crippen molar-refractivity contribution in [1.82, 2.24) is 20.2 Å². The van der Waals surface area contributed by atoms with Gasteiger partial charge in [0.25, 0.3) is 5.69 Å². The van der Waals surface area contributed by atoms with E-state index in [1.165, 1.54) is 16.8 Å². The summed E-state index contributed by atoms with van der Waals surface area (Å²) in [6, 6.07) is 4.31. The first-order chi connectivity index (χ1) is 9.20. The van der Waals surface area contributed by atoms with Gasteiger partial charge in [-0.2, -0.15) is 4.68 Å².